The minimum atomic E-state index is 0.847. The molecule has 0 unspecified atom stereocenters. The van der Waals surface area contributed by atoms with Gasteiger partial charge in [-0.2, -0.15) is 5.10 Å². The first-order chi connectivity index (χ1) is 7.88. The number of benzene rings is 1. The van der Waals surface area contributed by atoms with Crippen LogP contribution in [-0.4, -0.2) is 23.4 Å². The molecule has 0 saturated heterocycles. The molecule has 2 rings (SSSR count). The van der Waals surface area contributed by atoms with Crippen LogP contribution in [0.2, 0.25) is 0 Å². The zero-order chi connectivity index (χ0) is 11.2. The zero-order valence-corrected chi connectivity index (χ0v) is 9.56. The summed E-state index contributed by atoms with van der Waals surface area (Å²) in [6, 6.07) is 10.7. The number of hydrogen-bond donors (Lipinski definition) is 1. The molecule has 0 amide bonds. The van der Waals surface area contributed by atoms with E-state index in [1.165, 1.54) is 11.1 Å². The van der Waals surface area contributed by atoms with Gasteiger partial charge in [0.05, 0.1) is 6.54 Å². The Bertz CT molecular complexity index is 403. The summed E-state index contributed by atoms with van der Waals surface area (Å²) in [5.41, 5.74) is 2.66. The van der Waals surface area contributed by atoms with Crippen molar-refractivity contribution in [2.75, 3.05) is 13.6 Å². The van der Waals surface area contributed by atoms with Crippen LogP contribution in [0.25, 0.3) is 0 Å². The normalized spacial score (nSPS) is 10.6. The monoisotopic (exact) mass is 215 g/mol. The molecule has 0 aliphatic heterocycles. The van der Waals surface area contributed by atoms with Crippen molar-refractivity contribution in [1.82, 2.24) is 15.1 Å². The summed E-state index contributed by atoms with van der Waals surface area (Å²) < 4.78 is 1.93. The highest BCUT2D eigenvalue weighted by atomic mass is 15.3. The fourth-order valence-electron chi connectivity index (χ4n) is 1.66. The highest BCUT2D eigenvalue weighted by Crippen LogP contribution is 2.06. The molecule has 1 aromatic heterocycles. The van der Waals surface area contributed by atoms with E-state index >= 15 is 0 Å². The van der Waals surface area contributed by atoms with Crippen LogP contribution >= 0.6 is 0 Å². The number of rotatable bonds is 5. The van der Waals surface area contributed by atoms with E-state index in [2.05, 4.69) is 34.7 Å². The number of nitrogens with one attached hydrogen (secondary N) is 1. The minimum Gasteiger partial charge on any atom is -0.319 e. The molecule has 0 fully saturated rings. The van der Waals surface area contributed by atoms with Crippen molar-refractivity contribution in [3.63, 3.8) is 0 Å². The number of aromatic nitrogens is 2. The first kappa shape index (κ1) is 10.9. The fourth-order valence-corrected chi connectivity index (χ4v) is 1.66. The lowest BCUT2D eigenvalue weighted by molar-refractivity contribution is 0.686. The smallest absolute Gasteiger partial charge is 0.0659 e. The molecule has 1 aromatic carbocycles. The minimum absolute atomic E-state index is 0.847. The molecule has 0 aliphatic rings. The van der Waals surface area contributed by atoms with Gasteiger partial charge in [0.2, 0.25) is 0 Å². The fraction of sp³-hybridized carbons (Fsp3) is 0.308. The van der Waals surface area contributed by atoms with E-state index in [4.69, 9.17) is 0 Å². The Labute approximate surface area is 96.1 Å². The second kappa shape index (κ2) is 5.47. The van der Waals surface area contributed by atoms with E-state index in [0.717, 1.165) is 19.5 Å². The second-order valence-electron chi connectivity index (χ2n) is 3.87. The second-order valence-corrected chi connectivity index (χ2v) is 3.87. The van der Waals surface area contributed by atoms with E-state index in [0.29, 0.717) is 0 Å². The summed E-state index contributed by atoms with van der Waals surface area (Å²) in [5.74, 6) is 0. The van der Waals surface area contributed by atoms with Gasteiger partial charge in [0.1, 0.15) is 0 Å². The van der Waals surface area contributed by atoms with Gasteiger partial charge in [0.15, 0.2) is 0 Å². The summed E-state index contributed by atoms with van der Waals surface area (Å²) >= 11 is 0. The molecule has 0 atom stereocenters. The molecular formula is C13H17N3. The van der Waals surface area contributed by atoms with Crippen LogP contribution < -0.4 is 5.32 Å². The quantitative estimate of drug-likeness (QED) is 0.822. The molecule has 16 heavy (non-hydrogen) atoms. The summed E-state index contributed by atoms with van der Waals surface area (Å²) in [6.07, 6.45) is 4.87. The van der Waals surface area contributed by atoms with Gasteiger partial charge < -0.3 is 5.32 Å². The van der Waals surface area contributed by atoms with Gasteiger partial charge in [-0.25, -0.2) is 0 Å². The third kappa shape index (κ3) is 2.94. The van der Waals surface area contributed by atoms with Crippen molar-refractivity contribution in [3.8, 4) is 0 Å². The number of nitrogens with zero attached hydrogens (tertiary/aromatic N) is 2. The van der Waals surface area contributed by atoms with Crippen molar-refractivity contribution < 1.29 is 0 Å². The van der Waals surface area contributed by atoms with Crippen molar-refractivity contribution in [2.24, 2.45) is 0 Å². The van der Waals surface area contributed by atoms with E-state index in [9.17, 15) is 0 Å². The number of hydrogen-bond acceptors (Lipinski definition) is 2. The standard InChI is InChI=1S/C13H17N3/c1-14-9-7-12-3-5-13(6-4-12)11-16-10-2-8-15-16/h2-6,8,10,14H,7,9,11H2,1H3. The van der Waals surface area contributed by atoms with E-state index in [1.807, 2.05) is 24.0 Å². The molecule has 3 heteroatoms. The van der Waals surface area contributed by atoms with Gasteiger partial charge >= 0.3 is 0 Å². The first-order valence-electron chi connectivity index (χ1n) is 5.58. The topological polar surface area (TPSA) is 29.9 Å². The van der Waals surface area contributed by atoms with Crippen LogP contribution in [0.3, 0.4) is 0 Å². The summed E-state index contributed by atoms with van der Waals surface area (Å²) in [6.45, 7) is 1.87. The van der Waals surface area contributed by atoms with Crippen molar-refractivity contribution in [1.29, 1.82) is 0 Å². The molecule has 0 radical (unpaired) electrons. The maximum Gasteiger partial charge on any atom is 0.0659 e. The maximum absolute atomic E-state index is 4.19. The lowest BCUT2D eigenvalue weighted by atomic mass is 10.1. The Morgan fingerprint density at radius 1 is 1.19 bits per heavy atom. The van der Waals surface area contributed by atoms with Gasteiger partial charge in [-0.3, -0.25) is 4.68 Å². The molecule has 0 spiro atoms. The molecule has 2 aromatic rings. The van der Waals surface area contributed by atoms with Crippen LogP contribution in [0.4, 0.5) is 0 Å². The lowest BCUT2D eigenvalue weighted by Crippen LogP contribution is -2.10. The highest BCUT2D eigenvalue weighted by molar-refractivity contribution is 5.22. The molecule has 3 nitrogen and oxygen atoms in total. The Hall–Kier alpha value is -1.61. The third-order valence-corrected chi connectivity index (χ3v) is 2.59. The Balaban J connectivity index is 1.96. The van der Waals surface area contributed by atoms with Crippen LogP contribution in [0.15, 0.2) is 42.7 Å². The van der Waals surface area contributed by atoms with Gasteiger partial charge in [-0.05, 0) is 37.2 Å². The number of likely N-dealkylation sites (N-methyl/N-ethyl adjacent to an activating group) is 1. The van der Waals surface area contributed by atoms with Crippen molar-refractivity contribution in [2.45, 2.75) is 13.0 Å². The van der Waals surface area contributed by atoms with Crippen molar-refractivity contribution >= 4 is 0 Å². The highest BCUT2D eigenvalue weighted by Gasteiger charge is 1.96. The van der Waals surface area contributed by atoms with Crippen LogP contribution in [0.1, 0.15) is 11.1 Å². The molecule has 0 saturated carbocycles. The van der Waals surface area contributed by atoms with Gasteiger partial charge in [-0.15, -0.1) is 0 Å². The summed E-state index contributed by atoms with van der Waals surface area (Å²) in [5, 5.41) is 7.34. The molecule has 0 aliphatic carbocycles. The van der Waals surface area contributed by atoms with Gasteiger partial charge in [0, 0.05) is 12.4 Å². The Kier molecular flexibility index (Phi) is 3.72. The van der Waals surface area contributed by atoms with E-state index in [-0.39, 0.29) is 0 Å². The molecule has 1 heterocycles. The Morgan fingerprint density at radius 3 is 2.56 bits per heavy atom. The predicted octanol–water partition coefficient (Wildman–Crippen LogP) is 1.69. The summed E-state index contributed by atoms with van der Waals surface area (Å²) in [4.78, 5) is 0. The SMILES string of the molecule is CNCCc1ccc(Cn2cccn2)cc1. The van der Waals surface area contributed by atoms with Crippen LogP contribution in [-0.2, 0) is 13.0 Å². The lowest BCUT2D eigenvalue weighted by Gasteiger charge is -2.04. The van der Waals surface area contributed by atoms with Gasteiger partial charge in [-0.1, -0.05) is 24.3 Å². The largest absolute Gasteiger partial charge is 0.319 e. The maximum atomic E-state index is 4.19. The Morgan fingerprint density at radius 2 is 1.94 bits per heavy atom. The molecular weight excluding hydrogens is 198 g/mol. The van der Waals surface area contributed by atoms with Crippen LogP contribution in [0, 0.1) is 0 Å². The predicted molar refractivity (Wildman–Crippen MR) is 65.4 cm³/mol. The van der Waals surface area contributed by atoms with E-state index in [1.54, 1.807) is 6.20 Å². The molecule has 84 valence electrons. The average molecular weight is 215 g/mol. The summed E-state index contributed by atoms with van der Waals surface area (Å²) in [7, 11) is 1.98. The molecule has 1 N–H and O–H groups in total. The molecule has 0 bridgehead atoms. The zero-order valence-electron chi connectivity index (χ0n) is 9.56. The van der Waals surface area contributed by atoms with Crippen LogP contribution in [0.5, 0.6) is 0 Å². The van der Waals surface area contributed by atoms with E-state index < -0.39 is 0 Å². The average Bonchev–Trinajstić information content (AvgIpc) is 2.81. The van der Waals surface area contributed by atoms with Gasteiger partial charge in [0.25, 0.3) is 0 Å². The third-order valence-electron chi connectivity index (χ3n) is 2.59. The first-order valence-corrected chi connectivity index (χ1v) is 5.58. The van der Waals surface area contributed by atoms with Crippen molar-refractivity contribution in [3.05, 3.63) is 53.9 Å².